The molecular formula is C12H18O. The number of hydrogen-bond acceptors (Lipinski definition) is 1. The first-order chi connectivity index (χ1) is 6.15. The normalized spacial score (nSPS) is 33.9. The van der Waals surface area contributed by atoms with Gasteiger partial charge in [-0.25, -0.2) is 0 Å². The Kier molecular flexibility index (Phi) is 3.47. The monoisotopic (exact) mass is 178 g/mol. The number of hydrogen-bond donors (Lipinski definition) is 0. The molecule has 0 amide bonds. The van der Waals surface area contributed by atoms with Crippen molar-refractivity contribution < 1.29 is 4.79 Å². The predicted octanol–water partition coefficient (Wildman–Crippen LogP) is 2.98. The minimum absolute atomic E-state index is 0.205. The molecule has 0 saturated carbocycles. The van der Waals surface area contributed by atoms with Crippen molar-refractivity contribution in [3.8, 4) is 0 Å². The van der Waals surface area contributed by atoms with Crippen molar-refractivity contribution in [2.24, 2.45) is 17.8 Å². The molecule has 1 rings (SSSR count). The summed E-state index contributed by atoms with van der Waals surface area (Å²) in [7, 11) is 0. The predicted molar refractivity (Wildman–Crippen MR) is 55.4 cm³/mol. The lowest BCUT2D eigenvalue weighted by molar-refractivity contribution is -0.119. The molecule has 0 N–H and O–H groups in total. The van der Waals surface area contributed by atoms with E-state index in [-0.39, 0.29) is 11.7 Å². The highest BCUT2D eigenvalue weighted by molar-refractivity contribution is 5.92. The topological polar surface area (TPSA) is 17.1 Å². The molecule has 0 radical (unpaired) electrons. The van der Waals surface area contributed by atoms with Crippen molar-refractivity contribution in [3.05, 3.63) is 24.3 Å². The number of ketones is 1. The zero-order valence-corrected chi connectivity index (χ0v) is 8.66. The third kappa shape index (κ3) is 2.55. The molecule has 0 fully saturated rings. The van der Waals surface area contributed by atoms with E-state index >= 15 is 0 Å². The van der Waals surface area contributed by atoms with Gasteiger partial charge >= 0.3 is 0 Å². The smallest absolute Gasteiger partial charge is 0.159 e. The van der Waals surface area contributed by atoms with Crippen LogP contribution in [-0.2, 0) is 4.79 Å². The highest BCUT2D eigenvalue weighted by atomic mass is 16.1. The molecule has 0 heterocycles. The van der Waals surface area contributed by atoms with E-state index in [4.69, 9.17) is 0 Å². The summed E-state index contributed by atoms with van der Waals surface area (Å²) in [6.07, 6.45) is 8.91. The fourth-order valence-corrected chi connectivity index (χ4v) is 1.86. The summed E-state index contributed by atoms with van der Waals surface area (Å²) in [5.41, 5.74) is 0. The van der Waals surface area contributed by atoms with E-state index in [2.05, 4.69) is 26.0 Å². The van der Waals surface area contributed by atoms with Gasteiger partial charge in [0.1, 0.15) is 0 Å². The number of rotatable bonds is 2. The Bertz CT molecular complexity index is 238. The van der Waals surface area contributed by atoms with E-state index in [0.29, 0.717) is 11.8 Å². The summed E-state index contributed by atoms with van der Waals surface area (Å²) in [6, 6.07) is 0. The minimum atomic E-state index is 0.205. The van der Waals surface area contributed by atoms with Crippen LogP contribution in [0.4, 0.5) is 0 Å². The molecule has 0 aromatic carbocycles. The van der Waals surface area contributed by atoms with Gasteiger partial charge < -0.3 is 0 Å². The van der Waals surface area contributed by atoms with Gasteiger partial charge in [0.25, 0.3) is 0 Å². The van der Waals surface area contributed by atoms with Crippen molar-refractivity contribution in [3.63, 3.8) is 0 Å². The Balaban J connectivity index is 2.69. The lowest BCUT2D eigenvalue weighted by Gasteiger charge is -2.25. The van der Waals surface area contributed by atoms with E-state index in [1.54, 1.807) is 6.08 Å². The Hall–Kier alpha value is -0.850. The lowest BCUT2D eigenvalue weighted by Crippen LogP contribution is -2.24. The Labute approximate surface area is 80.5 Å². The van der Waals surface area contributed by atoms with Crippen LogP contribution in [0.25, 0.3) is 0 Å². The SMILES string of the molecule is CC=CC(=O)C1CC(C)C=CC1C. The number of carbonyl (C=O) groups excluding carboxylic acids is 1. The van der Waals surface area contributed by atoms with E-state index in [1.807, 2.05) is 13.0 Å². The van der Waals surface area contributed by atoms with Crippen LogP contribution in [0.5, 0.6) is 0 Å². The fourth-order valence-electron chi connectivity index (χ4n) is 1.86. The zero-order valence-electron chi connectivity index (χ0n) is 8.66. The van der Waals surface area contributed by atoms with Crippen LogP contribution in [0.3, 0.4) is 0 Å². The van der Waals surface area contributed by atoms with E-state index in [9.17, 15) is 4.79 Å². The first kappa shape index (κ1) is 10.2. The van der Waals surface area contributed by atoms with Crippen LogP contribution in [0, 0.1) is 17.8 Å². The van der Waals surface area contributed by atoms with Gasteiger partial charge in [0, 0.05) is 5.92 Å². The summed E-state index contributed by atoms with van der Waals surface area (Å²) in [6.45, 7) is 6.18. The van der Waals surface area contributed by atoms with Crippen molar-refractivity contribution in [2.75, 3.05) is 0 Å². The second-order valence-corrected chi connectivity index (χ2v) is 3.97. The Morgan fingerprint density at radius 1 is 1.38 bits per heavy atom. The molecule has 0 spiro atoms. The largest absolute Gasteiger partial charge is 0.295 e. The third-order valence-electron chi connectivity index (χ3n) is 2.70. The second-order valence-electron chi connectivity index (χ2n) is 3.97. The maximum atomic E-state index is 11.6. The first-order valence-electron chi connectivity index (χ1n) is 5.00. The van der Waals surface area contributed by atoms with Gasteiger partial charge in [-0.2, -0.15) is 0 Å². The maximum absolute atomic E-state index is 11.6. The van der Waals surface area contributed by atoms with Gasteiger partial charge in [0.2, 0.25) is 0 Å². The molecule has 13 heavy (non-hydrogen) atoms. The summed E-state index contributed by atoms with van der Waals surface area (Å²) in [5.74, 6) is 1.44. The van der Waals surface area contributed by atoms with Gasteiger partial charge in [0.05, 0.1) is 0 Å². The Morgan fingerprint density at radius 2 is 2.08 bits per heavy atom. The average molecular weight is 178 g/mol. The summed E-state index contributed by atoms with van der Waals surface area (Å²) in [5, 5.41) is 0. The van der Waals surface area contributed by atoms with Crippen molar-refractivity contribution >= 4 is 5.78 Å². The molecule has 0 aliphatic heterocycles. The van der Waals surface area contributed by atoms with Gasteiger partial charge in [-0.05, 0) is 31.3 Å². The lowest BCUT2D eigenvalue weighted by atomic mass is 9.78. The molecule has 1 aliphatic rings. The molecule has 3 atom stereocenters. The molecule has 1 aliphatic carbocycles. The highest BCUT2D eigenvalue weighted by Gasteiger charge is 2.25. The van der Waals surface area contributed by atoms with Crippen molar-refractivity contribution in [1.29, 1.82) is 0 Å². The molecule has 0 aromatic rings. The van der Waals surface area contributed by atoms with Crippen LogP contribution >= 0.6 is 0 Å². The highest BCUT2D eigenvalue weighted by Crippen LogP contribution is 2.28. The molecular weight excluding hydrogens is 160 g/mol. The maximum Gasteiger partial charge on any atom is 0.159 e. The van der Waals surface area contributed by atoms with Crippen molar-refractivity contribution in [2.45, 2.75) is 27.2 Å². The van der Waals surface area contributed by atoms with E-state index < -0.39 is 0 Å². The molecule has 0 saturated heterocycles. The van der Waals surface area contributed by atoms with Crippen LogP contribution in [-0.4, -0.2) is 5.78 Å². The average Bonchev–Trinajstić information content (AvgIpc) is 2.09. The zero-order chi connectivity index (χ0) is 9.84. The van der Waals surface area contributed by atoms with Crippen molar-refractivity contribution in [1.82, 2.24) is 0 Å². The molecule has 1 heteroatoms. The van der Waals surface area contributed by atoms with Gasteiger partial charge in [-0.3, -0.25) is 4.79 Å². The summed E-state index contributed by atoms with van der Waals surface area (Å²) in [4.78, 5) is 11.6. The third-order valence-corrected chi connectivity index (χ3v) is 2.70. The molecule has 72 valence electrons. The first-order valence-corrected chi connectivity index (χ1v) is 5.00. The minimum Gasteiger partial charge on any atom is -0.295 e. The van der Waals surface area contributed by atoms with E-state index in [0.717, 1.165) is 6.42 Å². The quantitative estimate of drug-likeness (QED) is 0.469. The fraction of sp³-hybridized carbons (Fsp3) is 0.583. The number of allylic oxidation sites excluding steroid dienone is 4. The molecule has 0 bridgehead atoms. The van der Waals surface area contributed by atoms with Crippen LogP contribution in [0.2, 0.25) is 0 Å². The van der Waals surface area contributed by atoms with Crippen LogP contribution in [0.15, 0.2) is 24.3 Å². The molecule has 3 unspecified atom stereocenters. The standard InChI is InChI=1S/C12H18O/c1-4-5-12(13)11-8-9(2)6-7-10(11)3/h4-7,9-11H,8H2,1-3H3. The van der Waals surface area contributed by atoms with Crippen LogP contribution in [0.1, 0.15) is 27.2 Å². The second kappa shape index (κ2) is 4.40. The molecule has 1 nitrogen and oxygen atoms in total. The summed E-state index contributed by atoms with van der Waals surface area (Å²) < 4.78 is 0. The van der Waals surface area contributed by atoms with Gasteiger partial charge in [-0.1, -0.05) is 32.1 Å². The summed E-state index contributed by atoms with van der Waals surface area (Å²) >= 11 is 0. The van der Waals surface area contributed by atoms with Gasteiger partial charge in [-0.15, -0.1) is 0 Å². The Morgan fingerprint density at radius 3 is 2.69 bits per heavy atom. The van der Waals surface area contributed by atoms with E-state index in [1.165, 1.54) is 0 Å². The molecule has 0 aromatic heterocycles. The van der Waals surface area contributed by atoms with Gasteiger partial charge in [0.15, 0.2) is 5.78 Å². The van der Waals surface area contributed by atoms with Crippen LogP contribution < -0.4 is 0 Å². The number of carbonyl (C=O) groups is 1.